The average Bonchev–Trinajstić information content (AvgIpc) is 2.93. The minimum absolute atomic E-state index is 0.0886. The largest absolute Gasteiger partial charge is 0.338 e. The van der Waals surface area contributed by atoms with Gasteiger partial charge in [-0.2, -0.15) is 4.98 Å². The molecule has 3 rings (SSSR count). The lowest BCUT2D eigenvalue weighted by molar-refractivity contribution is 0.340. The molecule has 2 N–H and O–H groups in total. The highest BCUT2D eigenvalue weighted by atomic mass is 32.1. The fraction of sp³-hybridized carbons (Fsp3) is 0.545. The Kier molecular flexibility index (Phi) is 2.68. The molecule has 1 aliphatic carbocycles. The van der Waals surface area contributed by atoms with Crippen LogP contribution in [-0.2, 0) is 6.42 Å². The van der Waals surface area contributed by atoms with Crippen molar-refractivity contribution < 1.29 is 4.52 Å². The zero-order valence-corrected chi connectivity index (χ0v) is 10.4. The van der Waals surface area contributed by atoms with Crippen molar-refractivity contribution >= 4 is 11.3 Å². The highest BCUT2D eigenvalue weighted by molar-refractivity contribution is 7.09. The quantitative estimate of drug-likeness (QED) is 0.895. The predicted molar refractivity (Wildman–Crippen MR) is 63.6 cm³/mol. The molecule has 2 heterocycles. The third-order valence-corrected chi connectivity index (χ3v) is 3.84. The minimum atomic E-state index is -0.0886. The van der Waals surface area contributed by atoms with Crippen LogP contribution in [0, 0.1) is 12.8 Å². The zero-order valence-electron chi connectivity index (χ0n) is 9.59. The van der Waals surface area contributed by atoms with Gasteiger partial charge >= 0.3 is 0 Å². The number of thiazole rings is 1. The maximum atomic E-state index is 6.00. The van der Waals surface area contributed by atoms with Gasteiger partial charge in [-0.25, -0.2) is 4.98 Å². The smallest absolute Gasteiger partial charge is 0.243 e. The van der Waals surface area contributed by atoms with Crippen molar-refractivity contribution in [3.05, 3.63) is 27.8 Å². The Balaban J connectivity index is 1.71. The van der Waals surface area contributed by atoms with Crippen LogP contribution in [-0.4, -0.2) is 15.1 Å². The van der Waals surface area contributed by atoms with Gasteiger partial charge in [0.1, 0.15) is 5.01 Å². The van der Waals surface area contributed by atoms with E-state index in [4.69, 9.17) is 10.3 Å². The van der Waals surface area contributed by atoms with Crippen molar-refractivity contribution in [2.24, 2.45) is 11.7 Å². The predicted octanol–water partition coefficient (Wildman–Crippen LogP) is 1.84. The van der Waals surface area contributed by atoms with E-state index < -0.39 is 0 Å². The van der Waals surface area contributed by atoms with E-state index in [1.807, 2.05) is 12.3 Å². The molecule has 0 aliphatic heterocycles. The molecule has 2 aromatic heterocycles. The molecule has 2 aromatic rings. The SMILES string of the molecule is Cc1csc(Cc2noc(C(N)C3CC3)n2)n1. The van der Waals surface area contributed by atoms with Gasteiger partial charge in [-0.1, -0.05) is 5.16 Å². The number of aryl methyl sites for hydroxylation is 1. The summed E-state index contributed by atoms with van der Waals surface area (Å²) >= 11 is 1.62. The molecular formula is C11H14N4OS. The van der Waals surface area contributed by atoms with Gasteiger partial charge in [0.25, 0.3) is 0 Å². The van der Waals surface area contributed by atoms with Gasteiger partial charge in [0, 0.05) is 11.1 Å². The van der Waals surface area contributed by atoms with Gasteiger partial charge in [0.2, 0.25) is 5.89 Å². The summed E-state index contributed by atoms with van der Waals surface area (Å²) in [5.74, 6) is 1.77. The summed E-state index contributed by atoms with van der Waals surface area (Å²) in [7, 11) is 0. The fourth-order valence-corrected chi connectivity index (χ4v) is 2.52. The van der Waals surface area contributed by atoms with Crippen LogP contribution >= 0.6 is 11.3 Å². The van der Waals surface area contributed by atoms with E-state index in [0.29, 0.717) is 24.1 Å². The molecule has 6 heteroatoms. The zero-order chi connectivity index (χ0) is 11.8. The summed E-state index contributed by atoms with van der Waals surface area (Å²) in [6, 6.07) is -0.0886. The van der Waals surface area contributed by atoms with Gasteiger partial charge < -0.3 is 10.3 Å². The maximum absolute atomic E-state index is 6.00. The molecule has 0 spiro atoms. The molecule has 17 heavy (non-hydrogen) atoms. The summed E-state index contributed by atoms with van der Waals surface area (Å²) in [6.45, 7) is 1.98. The molecule has 1 fully saturated rings. The number of nitrogens with zero attached hydrogens (tertiary/aromatic N) is 3. The first-order valence-corrected chi connectivity index (χ1v) is 6.59. The topological polar surface area (TPSA) is 77.8 Å². The van der Waals surface area contributed by atoms with E-state index in [-0.39, 0.29) is 6.04 Å². The van der Waals surface area contributed by atoms with Crippen molar-refractivity contribution in [3.8, 4) is 0 Å². The van der Waals surface area contributed by atoms with Crippen LogP contribution in [0.1, 0.15) is 41.3 Å². The lowest BCUT2D eigenvalue weighted by atomic mass is 10.2. The van der Waals surface area contributed by atoms with Crippen molar-refractivity contribution in [2.75, 3.05) is 0 Å². The normalized spacial score (nSPS) is 17.3. The molecule has 90 valence electrons. The van der Waals surface area contributed by atoms with Gasteiger partial charge in [-0.15, -0.1) is 11.3 Å². The van der Waals surface area contributed by atoms with Gasteiger partial charge in [-0.3, -0.25) is 0 Å². The second-order valence-electron chi connectivity index (χ2n) is 4.47. The number of aromatic nitrogens is 3. The molecule has 0 bridgehead atoms. The Morgan fingerprint density at radius 3 is 3.00 bits per heavy atom. The van der Waals surface area contributed by atoms with E-state index in [1.165, 1.54) is 12.8 Å². The number of rotatable bonds is 4. The Hall–Kier alpha value is -1.27. The van der Waals surface area contributed by atoms with Crippen LogP contribution in [0.3, 0.4) is 0 Å². The Labute approximate surface area is 103 Å². The van der Waals surface area contributed by atoms with Crippen molar-refractivity contribution in [2.45, 2.75) is 32.2 Å². The highest BCUT2D eigenvalue weighted by Gasteiger charge is 2.33. The van der Waals surface area contributed by atoms with Gasteiger partial charge in [-0.05, 0) is 25.7 Å². The Morgan fingerprint density at radius 1 is 1.53 bits per heavy atom. The molecule has 0 saturated heterocycles. The second-order valence-corrected chi connectivity index (χ2v) is 5.41. The first-order chi connectivity index (χ1) is 8.22. The first kappa shape index (κ1) is 10.9. The average molecular weight is 250 g/mol. The molecule has 1 aliphatic rings. The van der Waals surface area contributed by atoms with Crippen LogP contribution in [0.5, 0.6) is 0 Å². The summed E-state index contributed by atoms with van der Waals surface area (Å²) in [5.41, 5.74) is 7.03. The molecule has 1 atom stereocenters. The Bertz CT molecular complexity index is 517. The highest BCUT2D eigenvalue weighted by Crippen LogP contribution is 2.38. The third kappa shape index (κ3) is 2.37. The molecular weight excluding hydrogens is 236 g/mol. The summed E-state index contributed by atoms with van der Waals surface area (Å²) in [4.78, 5) is 8.71. The van der Waals surface area contributed by atoms with Crippen molar-refractivity contribution in [1.82, 2.24) is 15.1 Å². The summed E-state index contributed by atoms with van der Waals surface area (Å²) in [6.07, 6.45) is 2.97. The minimum Gasteiger partial charge on any atom is -0.338 e. The van der Waals surface area contributed by atoms with Crippen LogP contribution in [0.25, 0.3) is 0 Å². The molecule has 0 radical (unpaired) electrons. The van der Waals surface area contributed by atoms with Gasteiger partial charge in [0.15, 0.2) is 5.82 Å². The van der Waals surface area contributed by atoms with Crippen LogP contribution < -0.4 is 5.73 Å². The maximum Gasteiger partial charge on any atom is 0.243 e. The fourth-order valence-electron chi connectivity index (χ4n) is 1.75. The molecule has 1 unspecified atom stereocenters. The van der Waals surface area contributed by atoms with Crippen molar-refractivity contribution in [3.63, 3.8) is 0 Å². The summed E-state index contributed by atoms with van der Waals surface area (Å²) < 4.78 is 5.20. The Morgan fingerprint density at radius 2 is 2.35 bits per heavy atom. The molecule has 1 saturated carbocycles. The van der Waals surface area contributed by atoms with Gasteiger partial charge in [0.05, 0.1) is 12.5 Å². The first-order valence-electron chi connectivity index (χ1n) is 5.71. The monoisotopic (exact) mass is 250 g/mol. The van der Waals surface area contributed by atoms with E-state index in [9.17, 15) is 0 Å². The lowest BCUT2D eigenvalue weighted by Gasteiger charge is -2.01. The number of hydrogen-bond acceptors (Lipinski definition) is 6. The molecule has 0 aromatic carbocycles. The van der Waals surface area contributed by atoms with E-state index >= 15 is 0 Å². The summed E-state index contributed by atoms with van der Waals surface area (Å²) in [5, 5.41) is 6.98. The van der Waals surface area contributed by atoms with Crippen molar-refractivity contribution in [1.29, 1.82) is 0 Å². The molecule has 0 amide bonds. The van der Waals surface area contributed by atoms with E-state index in [0.717, 1.165) is 10.7 Å². The standard InChI is InChI=1S/C11H14N4OS/c1-6-5-17-9(13-6)4-8-14-11(16-15-8)10(12)7-2-3-7/h5,7,10H,2-4,12H2,1H3. The van der Waals surface area contributed by atoms with E-state index in [2.05, 4.69) is 15.1 Å². The lowest BCUT2D eigenvalue weighted by Crippen LogP contribution is -2.12. The van der Waals surface area contributed by atoms with Crippen LogP contribution in [0.2, 0.25) is 0 Å². The number of hydrogen-bond donors (Lipinski definition) is 1. The van der Waals surface area contributed by atoms with Crippen LogP contribution in [0.4, 0.5) is 0 Å². The third-order valence-electron chi connectivity index (χ3n) is 2.87. The van der Waals surface area contributed by atoms with E-state index in [1.54, 1.807) is 11.3 Å². The second kappa shape index (κ2) is 4.19. The van der Waals surface area contributed by atoms with Crippen LogP contribution in [0.15, 0.2) is 9.90 Å². The molecule has 5 nitrogen and oxygen atoms in total. The number of nitrogens with two attached hydrogens (primary N) is 1.